The van der Waals surface area contributed by atoms with E-state index in [1.165, 1.54) is 38.6 Å². The highest BCUT2D eigenvalue weighted by atomic mass is 16.5. The van der Waals surface area contributed by atoms with E-state index in [-0.39, 0.29) is 0 Å². The normalized spacial score (nSPS) is 25.5. The van der Waals surface area contributed by atoms with E-state index in [9.17, 15) is 0 Å². The number of hydrogen-bond acceptors (Lipinski definition) is 2. The molecule has 0 aliphatic heterocycles. The number of methoxy groups -OCH3 is 1. The molecule has 0 aromatic rings. The lowest BCUT2D eigenvalue weighted by Crippen LogP contribution is -2.48. The molecule has 0 radical (unpaired) electrons. The minimum atomic E-state index is 0.529. The molecule has 94 valence electrons. The van der Waals surface area contributed by atoms with Crippen LogP contribution in [0.25, 0.3) is 0 Å². The van der Waals surface area contributed by atoms with E-state index in [1.54, 1.807) is 7.11 Å². The van der Waals surface area contributed by atoms with Gasteiger partial charge in [0.2, 0.25) is 0 Å². The van der Waals surface area contributed by atoms with Gasteiger partial charge in [-0.05, 0) is 42.9 Å². The Labute approximate surface area is 100 Å². The van der Waals surface area contributed by atoms with Crippen molar-refractivity contribution in [3.8, 4) is 0 Å². The van der Waals surface area contributed by atoms with Gasteiger partial charge in [-0.25, -0.2) is 0 Å². The van der Waals surface area contributed by atoms with E-state index in [0.29, 0.717) is 17.4 Å². The molecule has 16 heavy (non-hydrogen) atoms. The molecule has 2 aliphatic rings. The Morgan fingerprint density at radius 2 is 2.00 bits per heavy atom. The van der Waals surface area contributed by atoms with Crippen molar-refractivity contribution in [3.63, 3.8) is 0 Å². The van der Waals surface area contributed by atoms with Crippen molar-refractivity contribution in [2.75, 3.05) is 20.3 Å². The summed E-state index contributed by atoms with van der Waals surface area (Å²) in [5.74, 6) is 1.71. The summed E-state index contributed by atoms with van der Waals surface area (Å²) in [6.45, 7) is 6.63. The van der Waals surface area contributed by atoms with Crippen LogP contribution in [0.4, 0.5) is 0 Å². The second-order valence-electron chi connectivity index (χ2n) is 6.18. The predicted molar refractivity (Wildman–Crippen MR) is 67.5 cm³/mol. The molecule has 0 saturated heterocycles. The SMILES string of the molecule is COCC(NCC1(C2CC2)CCC1)C(C)C. The van der Waals surface area contributed by atoms with Gasteiger partial charge in [0.25, 0.3) is 0 Å². The molecule has 2 rings (SSSR count). The summed E-state index contributed by atoms with van der Waals surface area (Å²) < 4.78 is 5.30. The summed E-state index contributed by atoms with van der Waals surface area (Å²) in [5.41, 5.74) is 0.681. The van der Waals surface area contributed by atoms with Gasteiger partial charge in [0.1, 0.15) is 0 Å². The number of ether oxygens (including phenoxy) is 1. The van der Waals surface area contributed by atoms with Crippen LogP contribution in [0.1, 0.15) is 46.0 Å². The van der Waals surface area contributed by atoms with E-state index >= 15 is 0 Å². The van der Waals surface area contributed by atoms with Gasteiger partial charge in [-0.3, -0.25) is 0 Å². The van der Waals surface area contributed by atoms with Crippen molar-refractivity contribution in [3.05, 3.63) is 0 Å². The van der Waals surface area contributed by atoms with Crippen molar-refractivity contribution in [2.24, 2.45) is 17.3 Å². The summed E-state index contributed by atoms with van der Waals surface area (Å²) in [6.07, 6.45) is 7.34. The fraction of sp³-hybridized carbons (Fsp3) is 1.00. The Bertz CT molecular complexity index is 219. The molecule has 1 atom stereocenters. The first-order chi connectivity index (χ1) is 7.68. The molecule has 2 saturated carbocycles. The van der Waals surface area contributed by atoms with E-state index < -0.39 is 0 Å². The van der Waals surface area contributed by atoms with Gasteiger partial charge in [-0.2, -0.15) is 0 Å². The summed E-state index contributed by atoms with van der Waals surface area (Å²) in [4.78, 5) is 0. The monoisotopic (exact) mass is 225 g/mol. The van der Waals surface area contributed by atoms with E-state index in [1.807, 2.05) is 0 Å². The number of hydrogen-bond donors (Lipinski definition) is 1. The fourth-order valence-corrected chi connectivity index (χ4v) is 3.06. The van der Waals surface area contributed by atoms with E-state index in [2.05, 4.69) is 19.2 Å². The standard InChI is InChI=1S/C14H27NO/c1-11(2)13(9-16-3)15-10-14(7-4-8-14)12-5-6-12/h11-13,15H,4-10H2,1-3H3. The zero-order chi connectivity index (χ0) is 11.6. The van der Waals surface area contributed by atoms with Crippen molar-refractivity contribution in [1.82, 2.24) is 5.32 Å². The lowest BCUT2D eigenvalue weighted by molar-refractivity contribution is 0.0773. The van der Waals surface area contributed by atoms with Gasteiger partial charge in [0, 0.05) is 19.7 Å². The molecule has 2 fully saturated rings. The Balaban J connectivity index is 1.79. The third kappa shape index (κ3) is 2.60. The Kier molecular flexibility index (Phi) is 3.91. The van der Waals surface area contributed by atoms with Crippen LogP contribution in [-0.4, -0.2) is 26.3 Å². The van der Waals surface area contributed by atoms with Gasteiger partial charge in [-0.1, -0.05) is 20.3 Å². The van der Waals surface area contributed by atoms with Crippen LogP contribution in [0.2, 0.25) is 0 Å². The molecule has 0 spiro atoms. The molecule has 0 aromatic heterocycles. The molecule has 0 amide bonds. The zero-order valence-electron chi connectivity index (χ0n) is 11.1. The van der Waals surface area contributed by atoms with Gasteiger partial charge in [0.15, 0.2) is 0 Å². The predicted octanol–water partition coefficient (Wildman–Crippen LogP) is 2.83. The van der Waals surface area contributed by atoms with Gasteiger partial charge >= 0.3 is 0 Å². The van der Waals surface area contributed by atoms with Gasteiger partial charge in [0.05, 0.1) is 6.61 Å². The minimum absolute atomic E-state index is 0.529. The van der Waals surface area contributed by atoms with Gasteiger partial charge < -0.3 is 10.1 Å². The van der Waals surface area contributed by atoms with Crippen LogP contribution >= 0.6 is 0 Å². The highest BCUT2D eigenvalue weighted by Crippen LogP contribution is 2.56. The highest BCUT2D eigenvalue weighted by molar-refractivity contribution is 5.01. The summed E-state index contributed by atoms with van der Waals surface area (Å²) in [6, 6.07) is 0.529. The molecule has 0 aromatic carbocycles. The second-order valence-corrected chi connectivity index (χ2v) is 6.18. The Hall–Kier alpha value is -0.0800. The fourth-order valence-electron chi connectivity index (χ4n) is 3.06. The van der Waals surface area contributed by atoms with E-state index in [4.69, 9.17) is 4.74 Å². The average molecular weight is 225 g/mol. The van der Waals surface area contributed by atoms with Crippen LogP contribution < -0.4 is 5.32 Å². The molecule has 2 aliphatic carbocycles. The zero-order valence-corrected chi connectivity index (χ0v) is 11.1. The molecule has 1 N–H and O–H groups in total. The highest BCUT2D eigenvalue weighted by Gasteiger charge is 2.48. The van der Waals surface area contributed by atoms with Crippen LogP contribution in [0.3, 0.4) is 0 Å². The van der Waals surface area contributed by atoms with Crippen LogP contribution in [-0.2, 0) is 4.74 Å². The quantitative estimate of drug-likeness (QED) is 0.719. The van der Waals surface area contributed by atoms with Crippen LogP contribution in [0, 0.1) is 17.3 Å². The first-order valence-electron chi connectivity index (χ1n) is 6.90. The van der Waals surface area contributed by atoms with Crippen LogP contribution in [0.15, 0.2) is 0 Å². The molecular weight excluding hydrogens is 198 g/mol. The average Bonchev–Trinajstić information content (AvgIpc) is 2.98. The summed E-state index contributed by atoms with van der Waals surface area (Å²) in [5, 5.41) is 3.76. The van der Waals surface area contributed by atoms with Crippen molar-refractivity contribution in [2.45, 2.75) is 52.0 Å². The molecular formula is C14H27NO. The van der Waals surface area contributed by atoms with Crippen LogP contribution in [0.5, 0.6) is 0 Å². The molecule has 2 nitrogen and oxygen atoms in total. The number of nitrogens with one attached hydrogen (secondary N) is 1. The summed E-state index contributed by atoms with van der Waals surface area (Å²) in [7, 11) is 1.80. The first kappa shape index (κ1) is 12.4. The Morgan fingerprint density at radius 3 is 2.38 bits per heavy atom. The van der Waals surface area contributed by atoms with Crippen molar-refractivity contribution >= 4 is 0 Å². The minimum Gasteiger partial charge on any atom is -0.383 e. The smallest absolute Gasteiger partial charge is 0.0618 e. The lowest BCUT2D eigenvalue weighted by atomic mass is 9.65. The molecule has 2 heteroatoms. The molecule has 0 bridgehead atoms. The van der Waals surface area contributed by atoms with Gasteiger partial charge in [-0.15, -0.1) is 0 Å². The summed E-state index contributed by atoms with van der Waals surface area (Å²) >= 11 is 0. The maximum atomic E-state index is 5.30. The molecule has 0 heterocycles. The third-order valence-electron chi connectivity index (χ3n) is 4.66. The largest absolute Gasteiger partial charge is 0.383 e. The second kappa shape index (κ2) is 5.05. The lowest BCUT2D eigenvalue weighted by Gasteiger charge is -2.44. The Morgan fingerprint density at radius 1 is 1.31 bits per heavy atom. The van der Waals surface area contributed by atoms with Crippen molar-refractivity contribution in [1.29, 1.82) is 0 Å². The maximum Gasteiger partial charge on any atom is 0.0618 e. The first-order valence-corrected chi connectivity index (χ1v) is 6.90. The third-order valence-corrected chi connectivity index (χ3v) is 4.66. The van der Waals surface area contributed by atoms with Crippen molar-refractivity contribution < 1.29 is 4.74 Å². The number of rotatable bonds is 7. The van der Waals surface area contributed by atoms with E-state index in [0.717, 1.165) is 12.5 Å². The maximum absolute atomic E-state index is 5.30. The molecule has 1 unspecified atom stereocenters. The topological polar surface area (TPSA) is 21.3 Å².